The lowest BCUT2D eigenvalue weighted by Crippen LogP contribution is -1.98. The zero-order valence-electron chi connectivity index (χ0n) is 10.9. The summed E-state index contributed by atoms with van der Waals surface area (Å²) in [5, 5.41) is 20.9. The highest BCUT2D eigenvalue weighted by Crippen LogP contribution is 2.35. The molecule has 2 heterocycles. The van der Waals surface area contributed by atoms with Gasteiger partial charge in [-0.15, -0.1) is 0 Å². The van der Waals surface area contributed by atoms with E-state index >= 15 is 0 Å². The Morgan fingerprint density at radius 3 is 2.50 bits per heavy atom. The third-order valence-corrected chi connectivity index (χ3v) is 3.27. The minimum absolute atomic E-state index is 0.0152. The Morgan fingerprint density at radius 2 is 1.85 bits per heavy atom. The van der Waals surface area contributed by atoms with E-state index < -0.39 is 0 Å². The van der Waals surface area contributed by atoms with Crippen molar-refractivity contribution in [3.8, 4) is 17.5 Å². The number of hydrogen-bond acceptors (Lipinski definition) is 4. The molecule has 0 aliphatic rings. The predicted octanol–water partition coefficient (Wildman–Crippen LogP) is 2.50. The first-order valence-corrected chi connectivity index (χ1v) is 6.19. The highest BCUT2D eigenvalue weighted by atomic mass is 16.5. The molecule has 0 aliphatic heterocycles. The summed E-state index contributed by atoms with van der Waals surface area (Å²) in [7, 11) is 1.61. The molecule has 5 heteroatoms. The van der Waals surface area contributed by atoms with Gasteiger partial charge in [0, 0.05) is 6.20 Å². The van der Waals surface area contributed by atoms with Crippen molar-refractivity contribution in [2.24, 2.45) is 0 Å². The maximum atomic E-state index is 10.2. The normalized spacial score (nSPS) is 10.8. The molecular weight excluding hydrogens is 256 g/mol. The number of pyridine rings is 1. The summed E-state index contributed by atoms with van der Waals surface area (Å²) < 4.78 is 6.53. The lowest BCUT2D eigenvalue weighted by molar-refractivity contribution is 0.381. The molecular formula is C15H14N2O3. The quantitative estimate of drug-likeness (QED) is 0.767. The molecule has 20 heavy (non-hydrogen) atoms. The lowest BCUT2D eigenvalue weighted by Gasteiger charge is -2.07. The van der Waals surface area contributed by atoms with E-state index in [1.54, 1.807) is 25.4 Å². The van der Waals surface area contributed by atoms with Crippen molar-refractivity contribution >= 4 is 10.9 Å². The Hall–Kier alpha value is -2.69. The van der Waals surface area contributed by atoms with Crippen LogP contribution in [0.25, 0.3) is 10.9 Å². The average molecular weight is 270 g/mol. The Labute approximate surface area is 115 Å². The number of aromatic nitrogens is 2. The fraction of sp³-hybridized carbons (Fsp3) is 0.133. The second kappa shape index (κ2) is 4.77. The average Bonchev–Trinajstić information content (AvgIpc) is 2.74. The number of nitrogens with zero attached hydrogens (tertiary/aromatic N) is 2. The molecule has 0 unspecified atom stereocenters. The number of methoxy groups -OCH3 is 1. The summed E-state index contributed by atoms with van der Waals surface area (Å²) in [6.07, 6.45) is 1.58. The number of ether oxygens (including phenoxy) is 1. The van der Waals surface area contributed by atoms with Gasteiger partial charge in [0.05, 0.1) is 19.0 Å². The fourth-order valence-electron chi connectivity index (χ4n) is 2.20. The Bertz CT molecular complexity index is 709. The number of hydrogen-bond donors (Lipinski definition) is 2. The van der Waals surface area contributed by atoms with E-state index in [9.17, 15) is 10.2 Å². The Balaban J connectivity index is 2.01. The van der Waals surface area contributed by atoms with Crippen molar-refractivity contribution in [1.82, 2.24) is 9.55 Å². The largest absolute Gasteiger partial charge is 0.497 e. The van der Waals surface area contributed by atoms with Crippen LogP contribution in [-0.2, 0) is 6.54 Å². The van der Waals surface area contributed by atoms with Gasteiger partial charge in [-0.3, -0.25) is 9.55 Å². The van der Waals surface area contributed by atoms with Gasteiger partial charge < -0.3 is 14.9 Å². The molecule has 3 aromatic rings. The van der Waals surface area contributed by atoms with Crippen LogP contribution in [0.15, 0.2) is 42.6 Å². The first kappa shape index (κ1) is 12.3. The van der Waals surface area contributed by atoms with Crippen LogP contribution in [0.2, 0.25) is 0 Å². The van der Waals surface area contributed by atoms with Crippen molar-refractivity contribution in [1.29, 1.82) is 0 Å². The van der Waals surface area contributed by atoms with Crippen LogP contribution >= 0.6 is 0 Å². The minimum atomic E-state index is -0.0334. The number of aromatic hydroxyl groups is 2. The van der Waals surface area contributed by atoms with Gasteiger partial charge in [-0.25, -0.2) is 0 Å². The molecule has 0 fully saturated rings. The highest BCUT2D eigenvalue weighted by Gasteiger charge is 2.16. The molecule has 0 spiro atoms. The maximum absolute atomic E-state index is 10.2. The molecule has 0 saturated heterocycles. The summed E-state index contributed by atoms with van der Waals surface area (Å²) in [5.41, 5.74) is 1.34. The molecule has 2 aromatic heterocycles. The van der Waals surface area contributed by atoms with Crippen LogP contribution in [0.4, 0.5) is 0 Å². The van der Waals surface area contributed by atoms with Gasteiger partial charge in [0.1, 0.15) is 11.3 Å². The van der Waals surface area contributed by atoms with Crippen LogP contribution in [-0.4, -0.2) is 26.9 Å². The van der Waals surface area contributed by atoms with E-state index in [2.05, 4.69) is 4.98 Å². The van der Waals surface area contributed by atoms with E-state index in [4.69, 9.17) is 4.74 Å². The fourth-order valence-corrected chi connectivity index (χ4v) is 2.20. The van der Waals surface area contributed by atoms with Gasteiger partial charge in [-0.1, -0.05) is 12.1 Å². The van der Waals surface area contributed by atoms with Crippen molar-refractivity contribution < 1.29 is 14.9 Å². The first-order valence-electron chi connectivity index (χ1n) is 6.19. The lowest BCUT2D eigenvalue weighted by atomic mass is 10.2. The van der Waals surface area contributed by atoms with Crippen molar-refractivity contribution in [3.63, 3.8) is 0 Å². The molecule has 0 radical (unpaired) electrons. The van der Waals surface area contributed by atoms with E-state index in [-0.39, 0.29) is 11.8 Å². The molecule has 0 saturated carbocycles. The Kier molecular flexibility index (Phi) is 2.95. The minimum Gasteiger partial charge on any atom is -0.497 e. The SMILES string of the molecule is COc1ccc(Cn2c(O)c3cccnc3c2O)cc1. The van der Waals surface area contributed by atoms with Gasteiger partial charge in [0.15, 0.2) is 0 Å². The first-order chi connectivity index (χ1) is 9.70. The third-order valence-electron chi connectivity index (χ3n) is 3.27. The van der Waals surface area contributed by atoms with Crippen molar-refractivity contribution in [2.75, 3.05) is 7.11 Å². The number of fused-ring (bicyclic) bond motifs is 1. The molecule has 102 valence electrons. The second-order valence-corrected chi connectivity index (χ2v) is 4.48. The van der Waals surface area contributed by atoms with Crippen molar-refractivity contribution in [2.45, 2.75) is 6.54 Å². The summed E-state index contributed by atoms with van der Waals surface area (Å²) in [5.74, 6) is 0.747. The van der Waals surface area contributed by atoms with Gasteiger partial charge >= 0.3 is 0 Å². The maximum Gasteiger partial charge on any atom is 0.221 e. The molecule has 0 bridgehead atoms. The standard InChI is InChI=1S/C15H14N2O3/c1-20-11-6-4-10(5-7-11)9-17-14(18)12-3-2-8-16-13(12)15(17)19/h2-8,18-19H,9H2,1H3. The van der Waals surface area contributed by atoms with Gasteiger partial charge in [-0.05, 0) is 29.8 Å². The van der Waals surface area contributed by atoms with Crippen LogP contribution < -0.4 is 4.74 Å². The topological polar surface area (TPSA) is 67.5 Å². The van der Waals surface area contributed by atoms with Crippen molar-refractivity contribution in [3.05, 3.63) is 48.2 Å². The van der Waals surface area contributed by atoms with Crippen LogP contribution in [0.5, 0.6) is 17.5 Å². The zero-order valence-corrected chi connectivity index (χ0v) is 10.9. The number of benzene rings is 1. The van der Waals surface area contributed by atoms with Crippen LogP contribution in [0, 0.1) is 0 Å². The van der Waals surface area contributed by atoms with Crippen LogP contribution in [0.3, 0.4) is 0 Å². The predicted molar refractivity (Wildman–Crippen MR) is 75.2 cm³/mol. The van der Waals surface area contributed by atoms with Crippen LogP contribution in [0.1, 0.15) is 5.56 Å². The molecule has 2 N–H and O–H groups in total. The second-order valence-electron chi connectivity index (χ2n) is 4.48. The van der Waals surface area contributed by atoms with E-state index in [0.29, 0.717) is 17.4 Å². The smallest absolute Gasteiger partial charge is 0.221 e. The summed E-state index contributed by atoms with van der Waals surface area (Å²) in [6.45, 7) is 0.359. The summed E-state index contributed by atoms with van der Waals surface area (Å²) in [4.78, 5) is 4.08. The monoisotopic (exact) mass is 270 g/mol. The van der Waals surface area contributed by atoms with E-state index in [0.717, 1.165) is 11.3 Å². The summed E-state index contributed by atoms with van der Waals surface area (Å²) >= 11 is 0. The van der Waals surface area contributed by atoms with Gasteiger partial charge in [0.2, 0.25) is 11.8 Å². The van der Waals surface area contributed by atoms with Gasteiger partial charge in [-0.2, -0.15) is 0 Å². The number of rotatable bonds is 3. The van der Waals surface area contributed by atoms with E-state index in [1.807, 2.05) is 24.3 Å². The molecule has 1 aromatic carbocycles. The summed E-state index contributed by atoms with van der Waals surface area (Å²) in [6, 6.07) is 10.9. The van der Waals surface area contributed by atoms with E-state index in [1.165, 1.54) is 4.57 Å². The molecule has 0 amide bonds. The third kappa shape index (κ3) is 1.93. The molecule has 0 aliphatic carbocycles. The zero-order chi connectivity index (χ0) is 14.1. The molecule has 3 rings (SSSR count). The Morgan fingerprint density at radius 1 is 1.10 bits per heavy atom. The molecule has 0 atom stereocenters. The highest BCUT2D eigenvalue weighted by molar-refractivity contribution is 5.89. The van der Waals surface area contributed by atoms with Gasteiger partial charge in [0.25, 0.3) is 0 Å². The molecule has 5 nitrogen and oxygen atoms in total.